The first-order valence-electron chi connectivity index (χ1n) is 11.5. The van der Waals surface area contributed by atoms with Gasteiger partial charge in [0.25, 0.3) is 5.91 Å². The summed E-state index contributed by atoms with van der Waals surface area (Å²) in [5.41, 5.74) is 2.58. The van der Waals surface area contributed by atoms with E-state index in [1.165, 1.54) is 21.1 Å². The van der Waals surface area contributed by atoms with Crippen molar-refractivity contribution in [2.24, 2.45) is 29.6 Å². The lowest BCUT2D eigenvalue weighted by atomic mass is 9.85. The van der Waals surface area contributed by atoms with E-state index in [4.69, 9.17) is 0 Å². The Morgan fingerprint density at radius 1 is 1.12 bits per heavy atom. The van der Waals surface area contributed by atoms with Crippen LogP contribution < -0.4 is 10.2 Å². The van der Waals surface area contributed by atoms with Crippen LogP contribution >= 0.6 is 11.3 Å². The first-order valence-corrected chi connectivity index (χ1v) is 12.3. The fourth-order valence-corrected chi connectivity index (χ4v) is 7.25. The van der Waals surface area contributed by atoms with Crippen molar-refractivity contribution >= 4 is 39.7 Å². The summed E-state index contributed by atoms with van der Waals surface area (Å²) in [4.78, 5) is 41.4. The molecule has 1 saturated carbocycles. The third-order valence-corrected chi connectivity index (χ3v) is 8.91. The van der Waals surface area contributed by atoms with Crippen LogP contribution in [0.15, 0.2) is 36.4 Å². The zero-order valence-electron chi connectivity index (χ0n) is 18.2. The van der Waals surface area contributed by atoms with Crippen LogP contribution in [0.25, 0.3) is 0 Å². The topological polar surface area (TPSA) is 90.3 Å². The Hall–Kier alpha value is -3.24. The van der Waals surface area contributed by atoms with Gasteiger partial charge in [-0.3, -0.25) is 19.3 Å². The number of nitrogens with one attached hydrogen (secondary N) is 1. The molecule has 1 aromatic carbocycles. The largest absolute Gasteiger partial charge is 0.312 e. The summed E-state index contributed by atoms with van der Waals surface area (Å²) in [6, 6.07) is 8.86. The lowest BCUT2D eigenvalue weighted by molar-refractivity contribution is -0.123. The third-order valence-electron chi connectivity index (χ3n) is 7.70. The summed E-state index contributed by atoms with van der Waals surface area (Å²) >= 11 is 1.49. The molecule has 6 rings (SSSR count). The summed E-state index contributed by atoms with van der Waals surface area (Å²) in [6.07, 6.45) is 7.96. The number of allylic oxidation sites excluding steroid dienone is 2. The molecule has 2 aromatic rings. The van der Waals surface area contributed by atoms with E-state index in [2.05, 4.69) is 30.5 Å². The van der Waals surface area contributed by atoms with E-state index in [0.717, 1.165) is 31.2 Å². The summed E-state index contributed by atoms with van der Waals surface area (Å²) in [5.74, 6) is -0.173. The van der Waals surface area contributed by atoms with Gasteiger partial charge < -0.3 is 5.32 Å². The molecule has 1 N–H and O–H groups in total. The molecule has 7 heteroatoms. The van der Waals surface area contributed by atoms with Crippen molar-refractivity contribution < 1.29 is 14.4 Å². The lowest BCUT2D eigenvalue weighted by Crippen LogP contribution is -2.32. The molecular formula is C26H23N3O3S. The van der Waals surface area contributed by atoms with Crippen molar-refractivity contribution in [3.05, 3.63) is 58.0 Å². The van der Waals surface area contributed by atoms with Crippen LogP contribution in [0.5, 0.6) is 0 Å². The number of anilines is 2. The molecule has 1 aromatic heterocycles. The predicted molar refractivity (Wildman–Crippen MR) is 125 cm³/mol. The van der Waals surface area contributed by atoms with Crippen molar-refractivity contribution in [2.45, 2.75) is 32.6 Å². The van der Waals surface area contributed by atoms with Gasteiger partial charge in [0.05, 0.1) is 23.1 Å². The molecule has 3 amide bonds. The van der Waals surface area contributed by atoms with Gasteiger partial charge >= 0.3 is 0 Å². The van der Waals surface area contributed by atoms with Crippen LogP contribution in [0, 0.1) is 40.9 Å². The van der Waals surface area contributed by atoms with Gasteiger partial charge in [0.15, 0.2) is 0 Å². The van der Waals surface area contributed by atoms with Crippen LogP contribution in [0.2, 0.25) is 0 Å². The number of hydrogen-bond donors (Lipinski definition) is 1. The molecule has 0 unspecified atom stereocenters. The standard InChI is InChI=1S/C26H23N3O3S/c1-13-2-9-20-18(10-13)19(12-27)24(33-20)28-23(30)14-5-7-17(8-6-14)29-25(31)21-15-3-4-16(11-15)22(21)26(29)32/h3-8,13,15-16,21-22H,2,9-11H2,1H3,(H,28,30)/t13-,15-,16+,21+,22-/m1/s1. The Morgan fingerprint density at radius 2 is 1.79 bits per heavy atom. The van der Waals surface area contributed by atoms with Gasteiger partial charge in [-0.25, -0.2) is 0 Å². The summed E-state index contributed by atoms with van der Waals surface area (Å²) in [5, 5.41) is 13.2. The molecule has 1 aliphatic heterocycles. The number of rotatable bonds is 3. The number of benzene rings is 1. The molecule has 2 fully saturated rings. The Balaban J connectivity index is 1.21. The van der Waals surface area contributed by atoms with Crippen molar-refractivity contribution in [3.63, 3.8) is 0 Å². The zero-order valence-corrected chi connectivity index (χ0v) is 19.0. The smallest absolute Gasteiger partial charge is 0.256 e. The first-order chi connectivity index (χ1) is 16.0. The number of nitriles is 1. The van der Waals surface area contributed by atoms with E-state index in [9.17, 15) is 19.6 Å². The SMILES string of the molecule is C[C@@H]1CCc2sc(NC(=O)c3ccc(N4C(=O)[C@@H]5[C@H](C4=O)[C@H]4C=C[C@@H]5C4)cc3)c(C#N)c2C1. The molecule has 1 saturated heterocycles. The molecule has 4 aliphatic rings. The number of fused-ring (bicyclic) bond motifs is 6. The number of carbonyl (C=O) groups is 3. The summed E-state index contributed by atoms with van der Waals surface area (Å²) in [6.45, 7) is 2.19. The second-order valence-corrected chi connectivity index (χ2v) is 10.8. The van der Waals surface area contributed by atoms with Gasteiger partial charge in [0.1, 0.15) is 11.1 Å². The minimum atomic E-state index is -0.303. The van der Waals surface area contributed by atoms with E-state index in [0.29, 0.717) is 27.7 Å². The Kier molecular flexibility index (Phi) is 4.56. The molecule has 0 radical (unpaired) electrons. The maximum Gasteiger partial charge on any atom is 0.256 e. The van der Waals surface area contributed by atoms with Gasteiger partial charge in [0, 0.05) is 10.4 Å². The molecule has 6 nitrogen and oxygen atoms in total. The van der Waals surface area contributed by atoms with Crippen LogP contribution in [0.1, 0.15) is 46.1 Å². The maximum atomic E-state index is 13.0. The fourth-order valence-electron chi connectivity index (χ4n) is 6.06. The van der Waals surface area contributed by atoms with Crippen LogP contribution in [0.3, 0.4) is 0 Å². The van der Waals surface area contributed by atoms with Gasteiger partial charge in [-0.1, -0.05) is 19.1 Å². The number of thiophene rings is 1. The number of hydrogen-bond acceptors (Lipinski definition) is 5. The van der Waals surface area contributed by atoms with Crippen molar-refractivity contribution in [3.8, 4) is 6.07 Å². The minimum absolute atomic E-state index is 0.129. The van der Waals surface area contributed by atoms with Gasteiger partial charge in [-0.2, -0.15) is 5.26 Å². The maximum absolute atomic E-state index is 13.0. The predicted octanol–water partition coefficient (Wildman–Crippen LogP) is 4.31. The Labute approximate surface area is 195 Å². The van der Waals surface area contributed by atoms with Crippen LogP contribution in [-0.2, 0) is 22.4 Å². The van der Waals surface area contributed by atoms with Gasteiger partial charge in [-0.05, 0) is 73.3 Å². The second-order valence-electron chi connectivity index (χ2n) is 9.68. The van der Waals surface area contributed by atoms with E-state index in [-0.39, 0.29) is 41.4 Å². The molecule has 2 bridgehead atoms. The average Bonchev–Trinajstić information content (AvgIpc) is 3.56. The fraction of sp³-hybridized carbons (Fsp3) is 0.385. The van der Waals surface area contributed by atoms with Gasteiger partial charge in [-0.15, -0.1) is 11.3 Å². The number of amides is 3. The molecule has 166 valence electrons. The summed E-state index contributed by atoms with van der Waals surface area (Å²) in [7, 11) is 0. The monoisotopic (exact) mass is 457 g/mol. The highest BCUT2D eigenvalue weighted by Crippen LogP contribution is 2.53. The quantitative estimate of drug-likeness (QED) is 0.549. The van der Waals surface area contributed by atoms with Crippen molar-refractivity contribution in [1.29, 1.82) is 5.26 Å². The Morgan fingerprint density at radius 3 is 2.42 bits per heavy atom. The highest BCUT2D eigenvalue weighted by molar-refractivity contribution is 7.16. The number of imide groups is 1. The van der Waals surface area contributed by atoms with E-state index in [1.807, 2.05) is 0 Å². The lowest BCUT2D eigenvalue weighted by Gasteiger charge is -2.17. The van der Waals surface area contributed by atoms with Crippen LogP contribution in [0.4, 0.5) is 10.7 Å². The molecule has 0 spiro atoms. The average molecular weight is 458 g/mol. The second kappa shape index (κ2) is 7.39. The summed E-state index contributed by atoms with van der Waals surface area (Å²) < 4.78 is 0. The van der Waals surface area contributed by atoms with Crippen LogP contribution in [-0.4, -0.2) is 17.7 Å². The third kappa shape index (κ3) is 3.01. The first kappa shape index (κ1) is 20.4. The van der Waals surface area contributed by atoms with Gasteiger partial charge in [0.2, 0.25) is 11.8 Å². The van der Waals surface area contributed by atoms with Crippen molar-refractivity contribution in [1.82, 2.24) is 0 Å². The molecule has 2 heterocycles. The molecule has 5 atom stereocenters. The number of aryl methyl sites for hydroxylation is 1. The highest BCUT2D eigenvalue weighted by atomic mass is 32.1. The van der Waals surface area contributed by atoms with E-state index in [1.54, 1.807) is 24.3 Å². The Bertz CT molecular complexity index is 1240. The number of nitrogens with zero attached hydrogens (tertiary/aromatic N) is 2. The molecule has 3 aliphatic carbocycles. The van der Waals surface area contributed by atoms with E-state index >= 15 is 0 Å². The van der Waals surface area contributed by atoms with Crippen molar-refractivity contribution in [2.75, 3.05) is 10.2 Å². The van der Waals surface area contributed by atoms with E-state index < -0.39 is 0 Å². The zero-order chi connectivity index (χ0) is 22.9. The normalized spacial score (nSPS) is 29.2. The molecular weight excluding hydrogens is 434 g/mol. The molecule has 33 heavy (non-hydrogen) atoms. The minimum Gasteiger partial charge on any atom is -0.312 e. The number of carbonyl (C=O) groups excluding carboxylic acids is 3. The highest BCUT2D eigenvalue weighted by Gasteiger charge is 2.59.